The Kier molecular flexibility index (Phi) is 4.01. The lowest BCUT2D eigenvalue weighted by atomic mass is 9.98. The normalized spacial score (nSPS) is 16.4. The van der Waals surface area contributed by atoms with Gasteiger partial charge in [-0.3, -0.25) is 4.79 Å². The molecule has 7 nitrogen and oxygen atoms in total. The first-order chi connectivity index (χ1) is 11.0. The van der Waals surface area contributed by atoms with E-state index in [4.69, 9.17) is 11.6 Å². The summed E-state index contributed by atoms with van der Waals surface area (Å²) < 4.78 is 0. The molecule has 0 radical (unpaired) electrons. The molecule has 0 saturated heterocycles. The first-order valence-corrected chi connectivity index (χ1v) is 7.64. The van der Waals surface area contributed by atoms with Crippen LogP contribution in [0.4, 0.5) is 0 Å². The quantitative estimate of drug-likeness (QED) is 0.901. The van der Waals surface area contributed by atoms with Gasteiger partial charge in [0.25, 0.3) is 0 Å². The van der Waals surface area contributed by atoms with Gasteiger partial charge in [-0.1, -0.05) is 23.7 Å². The molecule has 118 valence electrons. The second-order valence-electron chi connectivity index (χ2n) is 5.76. The van der Waals surface area contributed by atoms with E-state index >= 15 is 0 Å². The molecule has 0 bridgehead atoms. The highest BCUT2D eigenvalue weighted by Gasteiger charge is 2.43. The van der Waals surface area contributed by atoms with Crippen molar-refractivity contribution >= 4 is 17.5 Å². The van der Waals surface area contributed by atoms with Gasteiger partial charge in [0.1, 0.15) is 12.1 Å². The SMILES string of the molecule is C[C@](C#N)(NC(=O)Cn1nnc(-c2ccccc2Cl)n1)C1CC1. The first kappa shape index (κ1) is 15.4. The number of halogens is 1. The number of nitrogens with one attached hydrogen (secondary N) is 1. The molecule has 1 saturated carbocycles. The zero-order valence-corrected chi connectivity index (χ0v) is 13.3. The zero-order chi connectivity index (χ0) is 16.4. The molecule has 1 aromatic heterocycles. The molecule has 1 atom stereocenters. The van der Waals surface area contributed by atoms with Crippen LogP contribution in [0.25, 0.3) is 11.4 Å². The topological polar surface area (TPSA) is 96.5 Å². The molecule has 0 aliphatic heterocycles. The average Bonchev–Trinajstić information content (AvgIpc) is 3.29. The van der Waals surface area contributed by atoms with E-state index in [1.165, 1.54) is 4.80 Å². The molecule has 3 rings (SSSR count). The second-order valence-corrected chi connectivity index (χ2v) is 6.17. The minimum absolute atomic E-state index is 0.0958. The Morgan fingerprint density at radius 3 is 2.91 bits per heavy atom. The van der Waals surface area contributed by atoms with Crippen molar-refractivity contribution < 1.29 is 4.79 Å². The summed E-state index contributed by atoms with van der Waals surface area (Å²) >= 11 is 6.09. The molecule has 23 heavy (non-hydrogen) atoms. The molecular formula is C15H15ClN6O. The number of hydrogen-bond donors (Lipinski definition) is 1. The molecule has 1 amide bonds. The van der Waals surface area contributed by atoms with Crippen LogP contribution in [-0.4, -0.2) is 31.7 Å². The monoisotopic (exact) mass is 330 g/mol. The average molecular weight is 331 g/mol. The Labute approximate surface area is 138 Å². The highest BCUT2D eigenvalue weighted by molar-refractivity contribution is 6.33. The lowest BCUT2D eigenvalue weighted by molar-refractivity contribution is -0.123. The maximum Gasteiger partial charge on any atom is 0.244 e. The number of carbonyl (C=O) groups is 1. The Bertz CT molecular complexity index is 778. The number of rotatable bonds is 5. The third-order valence-corrected chi connectivity index (χ3v) is 4.21. The van der Waals surface area contributed by atoms with E-state index in [0.717, 1.165) is 12.8 Å². The van der Waals surface area contributed by atoms with Crippen LogP contribution in [0.5, 0.6) is 0 Å². The lowest BCUT2D eigenvalue weighted by Gasteiger charge is -2.22. The molecule has 1 aliphatic carbocycles. The van der Waals surface area contributed by atoms with Gasteiger partial charge in [-0.15, -0.1) is 10.2 Å². The number of nitrogens with zero attached hydrogens (tertiary/aromatic N) is 5. The van der Waals surface area contributed by atoms with Crippen molar-refractivity contribution in [1.82, 2.24) is 25.5 Å². The molecule has 0 spiro atoms. The van der Waals surface area contributed by atoms with Crippen LogP contribution in [0.1, 0.15) is 19.8 Å². The standard InChI is InChI=1S/C15H15ClN6O/c1-15(9-17,10-6-7-10)18-13(23)8-22-20-14(19-21-22)11-4-2-3-5-12(11)16/h2-5,10H,6-8H2,1H3,(H,18,23)/t15-/m1/s1. The minimum atomic E-state index is -0.830. The van der Waals surface area contributed by atoms with E-state index in [1.54, 1.807) is 19.1 Å². The molecule has 0 unspecified atom stereocenters. The molecule has 1 heterocycles. The van der Waals surface area contributed by atoms with Gasteiger partial charge in [0.2, 0.25) is 11.7 Å². The number of carbonyl (C=O) groups excluding carboxylic acids is 1. The van der Waals surface area contributed by atoms with Gasteiger partial charge in [0.05, 0.1) is 11.1 Å². The summed E-state index contributed by atoms with van der Waals surface area (Å²) in [5.74, 6) is 0.261. The molecular weight excluding hydrogens is 316 g/mol. The van der Waals surface area contributed by atoms with Crippen LogP contribution in [0, 0.1) is 17.2 Å². The smallest absolute Gasteiger partial charge is 0.244 e. The molecule has 8 heteroatoms. The van der Waals surface area contributed by atoms with Crippen molar-refractivity contribution in [3.8, 4) is 17.5 Å². The van der Waals surface area contributed by atoms with E-state index in [2.05, 4.69) is 26.8 Å². The number of benzene rings is 1. The summed E-state index contributed by atoms with van der Waals surface area (Å²) in [6.45, 7) is 1.65. The summed E-state index contributed by atoms with van der Waals surface area (Å²) in [4.78, 5) is 13.3. The van der Waals surface area contributed by atoms with Gasteiger partial charge in [0, 0.05) is 5.56 Å². The van der Waals surface area contributed by atoms with Gasteiger partial charge in [-0.25, -0.2) is 0 Å². The fourth-order valence-corrected chi connectivity index (χ4v) is 2.62. The maximum absolute atomic E-state index is 12.1. The van der Waals surface area contributed by atoms with Crippen molar-refractivity contribution in [2.45, 2.75) is 31.8 Å². The van der Waals surface area contributed by atoms with Gasteiger partial charge in [0.15, 0.2) is 0 Å². The van der Waals surface area contributed by atoms with Crippen LogP contribution in [0.3, 0.4) is 0 Å². The Balaban J connectivity index is 1.69. The summed E-state index contributed by atoms with van der Waals surface area (Å²) in [5.41, 5.74) is -0.177. The lowest BCUT2D eigenvalue weighted by Crippen LogP contribution is -2.48. The van der Waals surface area contributed by atoms with E-state index in [9.17, 15) is 10.1 Å². The van der Waals surface area contributed by atoms with Crippen molar-refractivity contribution in [2.75, 3.05) is 0 Å². The molecule has 2 aromatic rings. The number of nitriles is 1. The predicted octanol–water partition coefficient (Wildman–Crippen LogP) is 1.80. The molecule has 1 aromatic carbocycles. The predicted molar refractivity (Wildman–Crippen MR) is 83.1 cm³/mol. The Morgan fingerprint density at radius 1 is 1.52 bits per heavy atom. The number of tetrazole rings is 1. The van der Waals surface area contributed by atoms with Crippen molar-refractivity contribution in [2.24, 2.45) is 5.92 Å². The van der Waals surface area contributed by atoms with E-state index in [0.29, 0.717) is 16.4 Å². The highest BCUT2D eigenvalue weighted by Crippen LogP contribution is 2.39. The van der Waals surface area contributed by atoms with Gasteiger partial charge >= 0.3 is 0 Å². The summed E-state index contributed by atoms with van der Waals surface area (Å²) in [6.07, 6.45) is 1.92. The summed E-state index contributed by atoms with van der Waals surface area (Å²) in [7, 11) is 0. The third-order valence-electron chi connectivity index (χ3n) is 3.88. The Hall–Kier alpha value is -2.46. The van der Waals surface area contributed by atoms with Gasteiger partial charge < -0.3 is 5.32 Å². The molecule has 1 aliphatic rings. The van der Waals surface area contributed by atoms with E-state index in [1.807, 2.05) is 12.1 Å². The van der Waals surface area contributed by atoms with Crippen LogP contribution in [0.2, 0.25) is 5.02 Å². The number of hydrogen-bond acceptors (Lipinski definition) is 5. The van der Waals surface area contributed by atoms with Crippen LogP contribution in [-0.2, 0) is 11.3 Å². The number of amides is 1. The second kappa shape index (κ2) is 5.97. The fourth-order valence-electron chi connectivity index (χ4n) is 2.40. The Morgan fingerprint density at radius 2 is 2.26 bits per heavy atom. The summed E-state index contributed by atoms with van der Waals surface area (Å²) in [6, 6.07) is 9.33. The molecule has 1 fully saturated rings. The van der Waals surface area contributed by atoms with Crippen molar-refractivity contribution in [1.29, 1.82) is 5.26 Å². The van der Waals surface area contributed by atoms with E-state index < -0.39 is 5.54 Å². The van der Waals surface area contributed by atoms with Crippen LogP contribution in [0.15, 0.2) is 24.3 Å². The van der Waals surface area contributed by atoms with Crippen LogP contribution < -0.4 is 5.32 Å². The maximum atomic E-state index is 12.1. The van der Waals surface area contributed by atoms with Crippen molar-refractivity contribution in [3.63, 3.8) is 0 Å². The number of aromatic nitrogens is 4. The highest BCUT2D eigenvalue weighted by atomic mass is 35.5. The first-order valence-electron chi connectivity index (χ1n) is 7.27. The van der Waals surface area contributed by atoms with E-state index in [-0.39, 0.29) is 18.4 Å². The third kappa shape index (κ3) is 3.32. The minimum Gasteiger partial charge on any atom is -0.336 e. The largest absolute Gasteiger partial charge is 0.336 e. The summed E-state index contributed by atoms with van der Waals surface area (Å²) in [5, 5.41) is 24.5. The molecule has 1 N–H and O–H groups in total. The zero-order valence-electron chi connectivity index (χ0n) is 12.5. The fraction of sp³-hybridized carbons (Fsp3) is 0.400. The van der Waals surface area contributed by atoms with Crippen LogP contribution >= 0.6 is 11.6 Å². The van der Waals surface area contributed by atoms with Crippen molar-refractivity contribution in [3.05, 3.63) is 29.3 Å². The van der Waals surface area contributed by atoms with Gasteiger partial charge in [-0.2, -0.15) is 10.1 Å². The van der Waals surface area contributed by atoms with Gasteiger partial charge in [-0.05, 0) is 43.0 Å².